The predicted molar refractivity (Wildman–Crippen MR) is 72.5 cm³/mol. The quantitative estimate of drug-likeness (QED) is 0.638. The van der Waals surface area contributed by atoms with E-state index in [1.165, 1.54) is 18.3 Å². The van der Waals surface area contributed by atoms with Crippen LogP contribution in [-0.2, 0) is 10.1 Å². The number of halogens is 3. The molecule has 0 saturated carbocycles. The lowest BCUT2D eigenvalue weighted by atomic mass is 10.0. The Hall–Kier alpha value is -2.16. The van der Waals surface area contributed by atoms with Gasteiger partial charge in [-0.2, -0.15) is 31.8 Å². The van der Waals surface area contributed by atoms with Crippen LogP contribution in [0.2, 0.25) is 0 Å². The molecule has 2 rings (SSSR count). The second-order valence-electron chi connectivity index (χ2n) is 4.55. The second-order valence-corrected chi connectivity index (χ2v) is 6.08. The van der Waals surface area contributed by atoms with Crippen LogP contribution in [0.25, 0.3) is 11.3 Å². The molecule has 0 atom stereocenters. The molecule has 0 aliphatic carbocycles. The molecular formula is C13H11F3N2O3S. The van der Waals surface area contributed by atoms with Gasteiger partial charge in [-0.1, -0.05) is 11.6 Å². The van der Waals surface area contributed by atoms with E-state index in [0.29, 0.717) is 11.1 Å². The highest BCUT2D eigenvalue weighted by Crippen LogP contribution is 2.35. The van der Waals surface area contributed by atoms with Gasteiger partial charge in [0.1, 0.15) is 0 Å². The standard InChI is InChI=1S/C13H11F3N2O3S/c1-8-3-4-11(21-22(19,20)13(14,15)16)10(7-8)12-9(2)5-6-17-18-12/h3-7H,1-2H3. The molecule has 0 bridgehead atoms. The summed E-state index contributed by atoms with van der Waals surface area (Å²) in [5, 5.41) is 7.50. The van der Waals surface area contributed by atoms with Crippen LogP contribution < -0.4 is 4.18 Å². The Labute approximate surface area is 124 Å². The maximum Gasteiger partial charge on any atom is 0.534 e. The molecule has 0 aliphatic heterocycles. The number of aryl methyl sites for hydroxylation is 2. The average Bonchev–Trinajstić information content (AvgIpc) is 2.40. The van der Waals surface area contributed by atoms with Crippen LogP contribution in [-0.4, -0.2) is 24.1 Å². The van der Waals surface area contributed by atoms with Crippen LogP contribution in [0.3, 0.4) is 0 Å². The minimum absolute atomic E-state index is 0.124. The summed E-state index contributed by atoms with van der Waals surface area (Å²) in [4.78, 5) is 0. The van der Waals surface area contributed by atoms with Gasteiger partial charge in [-0.25, -0.2) is 0 Å². The van der Waals surface area contributed by atoms with E-state index >= 15 is 0 Å². The predicted octanol–water partition coefficient (Wildman–Crippen LogP) is 2.99. The monoisotopic (exact) mass is 332 g/mol. The van der Waals surface area contributed by atoms with E-state index in [9.17, 15) is 21.6 Å². The van der Waals surface area contributed by atoms with Crippen molar-refractivity contribution in [2.75, 3.05) is 0 Å². The summed E-state index contributed by atoms with van der Waals surface area (Å²) < 4.78 is 64.0. The summed E-state index contributed by atoms with van der Waals surface area (Å²) in [5.74, 6) is -0.452. The summed E-state index contributed by atoms with van der Waals surface area (Å²) in [6.07, 6.45) is 1.42. The van der Waals surface area contributed by atoms with Crippen LogP contribution in [0.15, 0.2) is 30.5 Å². The molecule has 118 valence electrons. The molecule has 2 aromatic rings. The molecule has 0 unspecified atom stereocenters. The first kappa shape index (κ1) is 16.2. The van der Waals surface area contributed by atoms with Gasteiger partial charge >= 0.3 is 15.6 Å². The van der Waals surface area contributed by atoms with E-state index < -0.39 is 21.4 Å². The fourth-order valence-electron chi connectivity index (χ4n) is 1.73. The molecule has 1 heterocycles. The van der Waals surface area contributed by atoms with Crippen molar-refractivity contribution >= 4 is 10.1 Å². The lowest BCUT2D eigenvalue weighted by Crippen LogP contribution is -2.28. The molecule has 0 amide bonds. The third-order valence-corrected chi connectivity index (χ3v) is 3.76. The van der Waals surface area contributed by atoms with E-state index in [2.05, 4.69) is 14.4 Å². The topological polar surface area (TPSA) is 69.2 Å². The maximum absolute atomic E-state index is 12.5. The summed E-state index contributed by atoms with van der Waals surface area (Å²) in [6, 6.07) is 5.68. The molecule has 0 fully saturated rings. The molecule has 0 N–H and O–H groups in total. The summed E-state index contributed by atoms with van der Waals surface area (Å²) in [5.41, 5.74) is -3.81. The molecule has 1 aromatic carbocycles. The normalized spacial score (nSPS) is 12.2. The van der Waals surface area contributed by atoms with Gasteiger partial charge in [-0.15, -0.1) is 0 Å². The number of alkyl halides is 3. The van der Waals surface area contributed by atoms with Crippen molar-refractivity contribution in [1.29, 1.82) is 0 Å². The van der Waals surface area contributed by atoms with Gasteiger partial charge in [0, 0.05) is 11.8 Å². The number of aromatic nitrogens is 2. The highest BCUT2D eigenvalue weighted by Gasteiger charge is 2.48. The van der Waals surface area contributed by atoms with Gasteiger partial charge < -0.3 is 4.18 Å². The number of benzene rings is 1. The van der Waals surface area contributed by atoms with Crippen LogP contribution in [0.1, 0.15) is 11.1 Å². The molecule has 0 spiro atoms. The largest absolute Gasteiger partial charge is 0.534 e. The lowest BCUT2D eigenvalue weighted by molar-refractivity contribution is -0.0499. The Bertz CT molecular complexity index is 804. The van der Waals surface area contributed by atoms with Crippen molar-refractivity contribution in [2.45, 2.75) is 19.4 Å². The molecular weight excluding hydrogens is 321 g/mol. The van der Waals surface area contributed by atoms with Gasteiger partial charge in [-0.05, 0) is 37.6 Å². The van der Waals surface area contributed by atoms with E-state index in [1.54, 1.807) is 19.9 Å². The number of rotatable bonds is 3. The van der Waals surface area contributed by atoms with Crippen molar-refractivity contribution in [2.24, 2.45) is 0 Å². The highest BCUT2D eigenvalue weighted by atomic mass is 32.2. The number of hydrogen-bond acceptors (Lipinski definition) is 5. The summed E-state index contributed by atoms with van der Waals surface area (Å²) >= 11 is 0. The van der Waals surface area contributed by atoms with Crippen LogP contribution in [0.5, 0.6) is 5.75 Å². The van der Waals surface area contributed by atoms with Crippen LogP contribution in [0, 0.1) is 13.8 Å². The molecule has 0 aliphatic rings. The molecule has 0 radical (unpaired) electrons. The van der Waals surface area contributed by atoms with E-state index in [4.69, 9.17) is 0 Å². The fraction of sp³-hybridized carbons (Fsp3) is 0.231. The van der Waals surface area contributed by atoms with Crippen molar-refractivity contribution in [3.05, 3.63) is 41.6 Å². The first-order valence-electron chi connectivity index (χ1n) is 6.02. The Morgan fingerprint density at radius 1 is 1.14 bits per heavy atom. The van der Waals surface area contributed by atoms with Crippen molar-refractivity contribution in [3.8, 4) is 17.0 Å². The molecule has 9 heteroatoms. The number of nitrogens with zero attached hydrogens (tertiary/aromatic N) is 2. The maximum atomic E-state index is 12.5. The van der Waals surface area contributed by atoms with Gasteiger partial charge in [0.25, 0.3) is 0 Å². The third kappa shape index (κ3) is 3.19. The fourth-order valence-corrected chi connectivity index (χ4v) is 2.20. The SMILES string of the molecule is Cc1ccc(OS(=O)(=O)C(F)(F)F)c(-c2nnccc2C)c1. The summed E-state index contributed by atoms with van der Waals surface area (Å²) in [6.45, 7) is 3.38. The van der Waals surface area contributed by atoms with Crippen molar-refractivity contribution < 1.29 is 25.8 Å². The molecule has 1 aromatic heterocycles. The third-order valence-electron chi connectivity index (χ3n) is 2.80. The first-order valence-corrected chi connectivity index (χ1v) is 7.43. The van der Waals surface area contributed by atoms with E-state index in [1.807, 2.05) is 0 Å². The Morgan fingerprint density at radius 3 is 2.41 bits per heavy atom. The van der Waals surface area contributed by atoms with Gasteiger partial charge in [0.2, 0.25) is 0 Å². The molecule has 0 saturated heterocycles. The van der Waals surface area contributed by atoms with Gasteiger partial charge in [0.15, 0.2) is 5.75 Å². The zero-order valence-electron chi connectivity index (χ0n) is 11.5. The zero-order chi connectivity index (χ0) is 16.5. The minimum Gasteiger partial charge on any atom is -0.375 e. The summed E-state index contributed by atoms with van der Waals surface area (Å²) in [7, 11) is -5.76. The second kappa shape index (κ2) is 5.56. The highest BCUT2D eigenvalue weighted by molar-refractivity contribution is 7.88. The average molecular weight is 332 g/mol. The first-order chi connectivity index (χ1) is 10.1. The smallest absolute Gasteiger partial charge is 0.375 e. The number of hydrogen-bond donors (Lipinski definition) is 0. The van der Waals surface area contributed by atoms with Crippen molar-refractivity contribution in [1.82, 2.24) is 10.2 Å². The van der Waals surface area contributed by atoms with E-state index in [-0.39, 0.29) is 11.3 Å². The molecule has 5 nitrogen and oxygen atoms in total. The van der Waals surface area contributed by atoms with E-state index in [0.717, 1.165) is 6.07 Å². The zero-order valence-corrected chi connectivity index (χ0v) is 12.4. The Morgan fingerprint density at radius 2 is 1.82 bits per heavy atom. The van der Waals surface area contributed by atoms with Crippen LogP contribution in [0.4, 0.5) is 13.2 Å². The van der Waals surface area contributed by atoms with Gasteiger partial charge in [-0.3, -0.25) is 0 Å². The van der Waals surface area contributed by atoms with Crippen molar-refractivity contribution in [3.63, 3.8) is 0 Å². The van der Waals surface area contributed by atoms with Crippen LogP contribution >= 0.6 is 0 Å². The molecule has 22 heavy (non-hydrogen) atoms. The van der Waals surface area contributed by atoms with Gasteiger partial charge in [0.05, 0.1) is 5.69 Å². The Balaban J connectivity index is 2.58. The Kier molecular flexibility index (Phi) is 4.10. The minimum atomic E-state index is -5.76. The lowest BCUT2D eigenvalue weighted by Gasteiger charge is -2.14.